The van der Waals surface area contributed by atoms with Crippen molar-refractivity contribution in [1.82, 2.24) is 5.32 Å². The number of carbonyl (C=O) groups excluding carboxylic acids is 3. The first-order valence-corrected chi connectivity index (χ1v) is 18.1. The summed E-state index contributed by atoms with van der Waals surface area (Å²) in [5.74, 6) is 1.94. The van der Waals surface area contributed by atoms with E-state index in [0.29, 0.717) is 30.0 Å². The molecule has 0 radical (unpaired) electrons. The summed E-state index contributed by atoms with van der Waals surface area (Å²) in [5, 5.41) is 2.86. The highest BCUT2D eigenvalue weighted by Crippen LogP contribution is 2.67. The van der Waals surface area contributed by atoms with Crippen LogP contribution in [0.3, 0.4) is 0 Å². The summed E-state index contributed by atoms with van der Waals surface area (Å²) in [4.78, 5) is 39.0. The summed E-state index contributed by atoms with van der Waals surface area (Å²) >= 11 is 0. The van der Waals surface area contributed by atoms with E-state index < -0.39 is 12.1 Å². The summed E-state index contributed by atoms with van der Waals surface area (Å²) in [5.41, 5.74) is 6.34. The van der Waals surface area contributed by atoms with Gasteiger partial charge in [-0.2, -0.15) is 0 Å². The minimum Gasteiger partial charge on any atom is -0.461 e. The van der Waals surface area contributed by atoms with Gasteiger partial charge < -0.3 is 14.8 Å². The maximum Gasteiger partial charge on any atom is 0.407 e. The molecular formula is C41H51NO5. The minimum atomic E-state index is -0.786. The maximum absolute atomic E-state index is 13.7. The first-order valence-electron chi connectivity index (χ1n) is 18.1. The number of amides is 1. The van der Waals surface area contributed by atoms with Crippen LogP contribution in [0.4, 0.5) is 4.79 Å². The lowest BCUT2D eigenvalue weighted by molar-refractivity contribution is -0.158. The van der Waals surface area contributed by atoms with Crippen molar-refractivity contribution >= 4 is 17.8 Å². The predicted molar refractivity (Wildman–Crippen MR) is 183 cm³/mol. The molecule has 1 amide bonds. The Morgan fingerprint density at radius 3 is 2.23 bits per heavy atom. The first-order chi connectivity index (χ1) is 22.5. The first kappa shape index (κ1) is 32.2. The normalized spacial score (nSPS) is 32.2. The Morgan fingerprint density at radius 2 is 1.55 bits per heavy atom. The number of rotatable bonds is 7. The molecule has 2 aromatic carbocycles. The van der Waals surface area contributed by atoms with Gasteiger partial charge in [0.1, 0.15) is 18.8 Å². The third kappa shape index (κ3) is 5.44. The average molecular weight is 638 g/mol. The van der Waals surface area contributed by atoms with Gasteiger partial charge >= 0.3 is 12.1 Å². The molecule has 3 fully saturated rings. The zero-order valence-corrected chi connectivity index (χ0v) is 28.7. The van der Waals surface area contributed by atoms with Gasteiger partial charge in [0.15, 0.2) is 5.78 Å². The smallest absolute Gasteiger partial charge is 0.407 e. The molecule has 2 aromatic rings. The summed E-state index contributed by atoms with van der Waals surface area (Å²) < 4.78 is 12.0. The van der Waals surface area contributed by atoms with Crippen LogP contribution in [-0.4, -0.2) is 36.6 Å². The minimum absolute atomic E-state index is 0.0428. The third-order valence-corrected chi connectivity index (χ3v) is 13.4. The fraction of sp³-hybridized carbons (Fsp3) is 0.585. The molecule has 6 nitrogen and oxygen atoms in total. The second-order valence-corrected chi connectivity index (χ2v) is 16.0. The molecule has 6 heteroatoms. The van der Waals surface area contributed by atoms with Gasteiger partial charge in [0.25, 0.3) is 0 Å². The van der Waals surface area contributed by atoms with Crippen LogP contribution in [0, 0.1) is 40.4 Å². The molecular weight excluding hydrogens is 586 g/mol. The Balaban J connectivity index is 0.981. The van der Waals surface area contributed by atoms with Crippen molar-refractivity contribution in [3.05, 3.63) is 71.3 Å². The molecule has 3 unspecified atom stereocenters. The van der Waals surface area contributed by atoms with E-state index in [1.165, 1.54) is 36.0 Å². The van der Waals surface area contributed by atoms with Crippen molar-refractivity contribution in [2.45, 2.75) is 104 Å². The SMILES string of the molecule is CC(C)[C@H](NC(=O)OCC1c2ccccc2-c2ccccc21)C(=O)O[C@@H](C)[C@H]1CCC2C3CCC4=CC(=O)CC[C@]4(C)C3CC[C@@]21C. The van der Waals surface area contributed by atoms with Gasteiger partial charge in [-0.25, -0.2) is 9.59 Å². The van der Waals surface area contributed by atoms with Crippen LogP contribution in [0.1, 0.15) is 103 Å². The standard InChI is InChI=1S/C41H51NO5/c1-24(2)37(42-39(45)46-23-33-30-12-8-6-10-28(30)29-11-7-9-13-31(29)33)38(44)47-25(3)34-16-17-35-32-15-14-26-22-27(43)18-20-40(26,4)36(32)19-21-41(34,35)5/h6-13,22,24-25,32-37H,14-21,23H2,1-5H3,(H,42,45)/t25-,32?,34+,35?,36?,37-,40-,41+/m0/s1. The largest absolute Gasteiger partial charge is 0.461 e. The molecule has 1 N–H and O–H groups in total. The van der Waals surface area contributed by atoms with Gasteiger partial charge in [-0.05, 0) is 115 Å². The molecule has 3 saturated carbocycles. The van der Waals surface area contributed by atoms with Gasteiger partial charge in [0, 0.05) is 18.3 Å². The van der Waals surface area contributed by atoms with Crippen molar-refractivity contribution in [3.8, 4) is 11.1 Å². The van der Waals surface area contributed by atoms with Crippen LogP contribution in [0.2, 0.25) is 0 Å². The van der Waals surface area contributed by atoms with Crippen LogP contribution < -0.4 is 5.32 Å². The van der Waals surface area contributed by atoms with Crippen molar-refractivity contribution in [2.24, 2.45) is 40.4 Å². The number of carbonyl (C=O) groups is 3. The van der Waals surface area contributed by atoms with Gasteiger partial charge in [-0.15, -0.1) is 0 Å². The lowest BCUT2D eigenvalue weighted by Gasteiger charge is -2.58. The van der Waals surface area contributed by atoms with Gasteiger partial charge in [-0.3, -0.25) is 4.79 Å². The molecule has 0 aromatic heterocycles. The topological polar surface area (TPSA) is 81.7 Å². The molecule has 0 bridgehead atoms. The third-order valence-electron chi connectivity index (χ3n) is 13.4. The van der Waals surface area contributed by atoms with Crippen molar-refractivity contribution in [2.75, 3.05) is 6.61 Å². The lowest BCUT2D eigenvalue weighted by Crippen LogP contribution is -2.52. The Morgan fingerprint density at radius 1 is 0.872 bits per heavy atom. The number of ether oxygens (including phenoxy) is 2. The number of esters is 1. The molecule has 5 aliphatic rings. The second kappa shape index (κ2) is 12.2. The van der Waals surface area contributed by atoms with Gasteiger partial charge in [0.05, 0.1) is 0 Å². The maximum atomic E-state index is 13.7. The van der Waals surface area contributed by atoms with E-state index >= 15 is 0 Å². The molecule has 47 heavy (non-hydrogen) atoms. The quantitative estimate of drug-likeness (QED) is 0.308. The van der Waals surface area contributed by atoms with E-state index in [2.05, 4.69) is 50.4 Å². The van der Waals surface area contributed by atoms with Crippen molar-refractivity contribution < 1.29 is 23.9 Å². The Kier molecular flexibility index (Phi) is 8.37. The van der Waals surface area contributed by atoms with Gasteiger partial charge in [0.2, 0.25) is 0 Å². The van der Waals surface area contributed by atoms with Crippen LogP contribution in [0.15, 0.2) is 60.2 Å². The number of nitrogens with one attached hydrogen (secondary N) is 1. The van der Waals surface area contributed by atoms with E-state index in [0.717, 1.165) is 36.8 Å². The average Bonchev–Trinajstić information content (AvgIpc) is 3.57. The molecule has 0 saturated heterocycles. The number of allylic oxidation sites excluding steroid dienone is 1. The summed E-state index contributed by atoms with van der Waals surface area (Å²) in [6.07, 6.45) is 9.58. The number of ketones is 1. The van der Waals surface area contributed by atoms with Gasteiger partial charge in [-0.1, -0.05) is 81.8 Å². The van der Waals surface area contributed by atoms with E-state index in [1.54, 1.807) is 0 Å². The number of hydrogen-bond acceptors (Lipinski definition) is 5. The van der Waals surface area contributed by atoms with E-state index in [4.69, 9.17) is 9.47 Å². The van der Waals surface area contributed by atoms with E-state index in [1.807, 2.05) is 44.2 Å². The van der Waals surface area contributed by atoms with Crippen molar-refractivity contribution in [1.29, 1.82) is 0 Å². The Bertz CT molecular complexity index is 1550. The molecule has 0 heterocycles. The zero-order chi connectivity index (χ0) is 33.1. The highest BCUT2D eigenvalue weighted by Gasteiger charge is 2.60. The number of alkyl carbamates (subject to hydrolysis) is 1. The fourth-order valence-corrected chi connectivity index (χ4v) is 11.0. The fourth-order valence-electron chi connectivity index (χ4n) is 11.0. The summed E-state index contributed by atoms with van der Waals surface area (Å²) in [6, 6.07) is 15.7. The molecule has 5 aliphatic carbocycles. The summed E-state index contributed by atoms with van der Waals surface area (Å²) in [6.45, 7) is 11.0. The predicted octanol–water partition coefficient (Wildman–Crippen LogP) is 8.63. The van der Waals surface area contributed by atoms with Crippen LogP contribution in [-0.2, 0) is 19.1 Å². The van der Waals surface area contributed by atoms with E-state index in [9.17, 15) is 14.4 Å². The van der Waals surface area contributed by atoms with Crippen LogP contribution >= 0.6 is 0 Å². The Hall–Kier alpha value is -3.41. The number of fused-ring (bicyclic) bond motifs is 8. The molecule has 8 atom stereocenters. The van der Waals surface area contributed by atoms with E-state index in [-0.39, 0.29) is 47.3 Å². The number of benzene rings is 2. The highest BCUT2D eigenvalue weighted by atomic mass is 16.6. The van der Waals surface area contributed by atoms with Crippen molar-refractivity contribution in [3.63, 3.8) is 0 Å². The zero-order valence-electron chi connectivity index (χ0n) is 28.7. The molecule has 0 spiro atoms. The molecule has 7 rings (SSSR count). The van der Waals surface area contributed by atoms with Crippen LogP contribution in [0.25, 0.3) is 11.1 Å². The summed E-state index contributed by atoms with van der Waals surface area (Å²) in [7, 11) is 0. The number of hydrogen-bond donors (Lipinski definition) is 1. The second-order valence-electron chi connectivity index (χ2n) is 16.0. The molecule has 0 aliphatic heterocycles. The lowest BCUT2D eigenvalue weighted by atomic mass is 9.46. The highest BCUT2D eigenvalue weighted by molar-refractivity contribution is 5.91. The Labute approximate surface area is 280 Å². The molecule has 250 valence electrons. The monoisotopic (exact) mass is 637 g/mol. The van der Waals surface area contributed by atoms with Crippen LogP contribution in [0.5, 0.6) is 0 Å².